The molecule has 0 spiro atoms. The Balaban J connectivity index is 2.97. The zero-order chi connectivity index (χ0) is 10.6. The zero-order valence-corrected chi connectivity index (χ0v) is 9.12. The van der Waals surface area contributed by atoms with Crippen molar-refractivity contribution < 1.29 is 0 Å². The summed E-state index contributed by atoms with van der Waals surface area (Å²) >= 11 is 0. The molecule has 1 aromatic rings. The van der Waals surface area contributed by atoms with Gasteiger partial charge in [-0.25, -0.2) is 4.98 Å². The Morgan fingerprint density at radius 1 is 1.57 bits per heavy atom. The lowest BCUT2D eigenvalue weighted by atomic mass is 10.3. The van der Waals surface area contributed by atoms with Crippen LogP contribution >= 0.6 is 0 Å². The number of aryl methyl sites for hydroxylation is 2. The quantitative estimate of drug-likeness (QED) is 0.733. The molecule has 1 unspecified atom stereocenters. The summed E-state index contributed by atoms with van der Waals surface area (Å²) in [5.74, 6) is 1.02. The summed E-state index contributed by atoms with van der Waals surface area (Å²) in [7, 11) is 0. The first-order chi connectivity index (χ1) is 6.72. The van der Waals surface area contributed by atoms with Crippen molar-refractivity contribution in [2.24, 2.45) is 0 Å². The molecule has 1 rings (SSSR count). The molecule has 1 heterocycles. The van der Waals surface area contributed by atoms with E-state index in [0.717, 1.165) is 30.8 Å². The van der Waals surface area contributed by atoms with Gasteiger partial charge >= 0.3 is 0 Å². The number of rotatable bonds is 4. The molecule has 0 N–H and O–H groups in total. The van der Waals surface area contributed by atoms with Gasteiger partial charge in [-0.3, -0.25) is 0 Å². The van der Waals surface area contributed by atoms with Crippen LogP contribution in [-0.4, -0.2) is 9.55 Å². The number of hydrogen-bond acceptors (Lipinski definition) is 2. The third kappa shape index (κ3) is 2.14. The van der Waals surface area contributed by atoms with E-state index in [1.165, 1.54) is 0 Å². The average molecular weight is 191 g/mol. The fourth-order valence-electron chi connectivity index (χ4n) is 1.52. The van der Waals surface area contributed by atoms with Crippen LogP contribution in [-0.2, 0) is 12.8 Å². The third-order valence-electron chi connectivity index (χ3n) is 2.29. The van der Waals surface area contributed by atoms with Crippen LogP contribution in [0, 0.1) is 11.3 Å². The van der Waals surface area contributed by atoms with Gasteiger partial charge in [0.05, 0.1) is 11.8 Å². The van der Waals surface area contributed by atoms with E-state index in [4.69, 9.17) is 5.26 Å². The average Bonchev–Trinajstić information content (AvgIpc) is 2.60. The number of aromatic nitrogens is 2. The first-order valence-electron chi connectivity index (χ1n) is 5.19. The normalized spacial score (nSPS) is 12.4. The van der Waals surface area contributed by atoms with Gasteiger partial charge in [-0.05, 0) is 13.3 Å². The molecular formula is C11H17N3. The van der Waals surface area contributed by atoms with Crippen LogP contribution < -0.4 is 0 Å². The van der Waals surface area contributed by atoms with Gasteiger partial charge in [0.15, 0.2) is 0 Å². The van der Waals surface area contributed by atoms with Crippen LogP contribution in [0.4, 0.5) is 0 Å². The highest BCUT2D eigenvalue weighted by Gasteiger charge is 2.10. The molecule has 1 atom stereocenters. The maximum atomic E-state index is 8.85. The molecule has 0 aliphatic heterocycles. The first-order valence-corrected chi connectivity index (χ1v) is 5.19. The van der Waals surface area contributed by atoms with Gasteiger partial charge in [0.25, 0.3) is 0 Å². The van der Waals surface area contributed by atoms with Gasteiger partial charge in [-0.1, -0.05) is 20.3 Å². The summed E-state index contributed by atoms with van der Waals surface area (Å²) in [6.07, 6.45) is 4.99. The number of imidazole rings is 1. The van der Waals surface area contributed by atoms with Crippen molar-refractivity contribution in [2.45, 2.75) is 46.1 Å². The van der Waals surface area contributed by atoms with E-state index in [2.05, 4.69) is 24.9 Å². The lowest BCUT2D eigenvalue weighted by molar-refractivity contribution is 0.634. The lowest BCUT2D eigenvalue weighted by Crippen LogP contribution is -2.05. The Hall–Kier alpha value is -1.30. The molecule has 0 bridgehead atoms. The number of hydrogen-bond donors (Lipinski definition) is 0. The molecule has 3 heteroatoms. The van der Waals surface area contributed by atoms with E-state index in [9.17, 15) is 0 Å². The van der Waals surface area contributed by atoms with Crippen LogP contribution in [0.25, 0.3) is 0 Å². The van der Waals surface area contributed by atoms with Crippen molar-refractivity contribution in [3.8, 4) is 6.07 Å². The summed E-state index contributed by atoms with van der Waals surface area (Å²) in [5.41, 5.74) is 1.10. The van der Waals surface area contributed by atoms with Crippen LogP contribution in [0.15, 0.2) is 6.20 Å². The maximum Gasteiger partial charge on any atom is 0.119 e. The predicted octanol–water partition coefficient (Wildman–Crippen LogP) is 2.48. The van der Waals surface area contributed by atoms with E-state index in [1.54, 1.807) is 0 Å². The molecular weight excluding hydrogens is 174 g/mol. The molecule has 1 aromatic heterocycles. The fourth-order valence-corrected chi connectivity index (χ4v) is 1.52. The van der Waals surface area contributed by atoms with Crippen molar-refractivity contribution in [2.75, 3.05) is 0 Å². The molecule has 0 aliphatic carbocycles. The second-order valence-corrected chi connectivity index (χ2v) is 3.46. The smallest absolute Gasteiger partial charge is 0.119 e. The molecule has 14 heavy (non-hydrogen) atoms. The molecule has 3 nitrogen and oxygen atoms in total. The second-order valence-electron chi connectivity index (χ2n) is 3.46. The topological polar surface area (TPSA) is 41.6 Å². The van der Waals surface area contributed by atoms with Crippen LogP contribution in [0.3, 0.4) is 0 Å². The van der Waals surface area contributed by atoms with Crippen molar-refractivity contribution in [3.05, 3.63) is 17.7 Å². The highest BCUT2D eigenvalue weighted by Crippen LogP contribution is 2.12. The largest absolute Gasteiger partial charge is 0.318 e. The van der Waals surface area contributed by atoms with Crippen molar-refractivity contribution in [1.82, 2.24) is 9.55 Å². The maximum absolute atomic E-state index is 8.85. The summed E-state index contributed by atoms with van der Waals surface area (Å²) in [4.78, 5) is 4.50. The van der Waals surface area contributed by atoms with Crippen LogP contribution in [0.2, 0.25) is 0 Å². The van der Waals surface area contributed by atoms with Gasteiger partial charge in [-0.2, -0.15) is 5.26 Å². The number of nitrogens with zero attached hydrogens (tertiary/aromatic N) is 3. The number of nitriles is 1. The van der Waals surface area contributed by atoms with Gasteiger partial charge in [0, 0.05) is 12.6 Å². The SMILES string of the molecule is CCCc1cn(C(C)C#N)c(CC)n1. The summed E-state index contributed by atoms with van der Waals surface area (Å²) < 4.78 is 1.98. The zero-order valence-electron chi connectivity index (χ0n) is 9.12. The monoisotopic (exact) mass is 191 g/mol. The summed E-state index contributed by atoms with van der Waals surface area (Å²) in [6.45, 7) is 6.10. The standard InChI is InChI=1S/C11H17N3/c1-4-6-10-8-14(9(3)7-12)11(5-2)13-10/h8-9H,4-6H2,1-3H3. The summed E-state index contributed by atoms with van der Waals surface area (Å²) in [5, 5.41) is 8.85. The highest BCUT2D eigenvalue weighted by atomic mass is 15.1. The second kappa shape index (κ2) is 4.80. The van der Waals surface area contributed by atoms with Crippen molar-refractivity contribution >= 4 is 0 Å². The Labute approximate surface area is 85.4 Å². The predicted molar refractivity (Wildman–Crippen MR) is 55.9 cm³/mol. The molecule has 0 saturated carbocycles. The van der Waals surface area contributed by atoms with E-state index in [1.807, 2.05) is 17.7 Å². The molecule has 0 radical (unpaired) electrons. The van der Waals surface area contributed by atoms with E-state index < -0.39 is 0 Å². The van der Waals surface area contributed by atoms with Crippen LogP contribution in [0.5, 0.6) is 0 Å². The van der Waals surface area contributed by atoms with E-state index in [-0.39, 0.29) is 6.04 Å². The molecule has 0 aromatic carbocycles. The van der Waals surface area contributed by atoms with E-state index >= 15 is 0 Å². The Morgan fingerprint density at radius 2 is 2.29 bits per heavy atom. The van der Waals surface area contributed by atoms with E-state index in [0.29, 0.717) is 0 Å². The minimum absolute atomic E-state index is 0.108. The third-order valence-corrected chi connectivity index (χ3v) is 2.29. The highest BCUT2D eigenvalue weighted by molar-refractivity contribution is 5.08. The van der Waals surface area contributed by atoms with Gasteiger partial charge in [0.1, 0.15) is 11.9 Å². The van der Waals surface area contributed by atoms with Gasteiger partial charge in [0.2, 0.25) is 0 Å². The van der Waals surface area contributed by atoms with Gasteiger partial charge < -0.3 is 4.57 Å². The first kappa shape index (κ1) is 10.8. The Bertz CT molecular complexity index is 333. The lowest BCUT2D eigenvalue weighted by Gasteiger charge is -2.06. The Kier molecular flexibility index (Phi) is 3.70. The fraction of sp³-hybridized carbons (Fsp3) is 0.636. The van der Waals surface area contributed by atoms with Crippen LogP contribution in [0.1, 0.15) is 44.8 Å². The summed E-state index contributed by atoms with van der Waals surface area (Å²) in [6, 6.07) is 2.13. The molecule has 76 valence electrons. The molecule has 0 saturated heterocycles. The molecule has 0 aliphatic rings. The van der Waals surface area contributed by atoms with Gasteiger partial charge in [-0.15, -0.1) is 0 Å². The van der Waals surface area contributed by atoms with Crippen molar-refractivity contribution in [1.29, 1.82) is 5.26 Å². The minimum atomic E-state index is -0.108. The molecule has 0 amide bonds. The Morgan fingerprint density at radius 3 is 2.79 bits per heavy atom. The molecule has 0 fully saturated rings. The van der Waals surface area contributed by atoms with Crippen molar-refractivity contribution in [3.63, 3.8) is 0 Å². The minimum Gasteiger partial charge on any atom is -0.318 e.